The van der Waals surface area contributed by atoms with E-state index in [0.717, 1.165) is 24.3 Å². The summed E-state index contributed by atoms with van der Waals surface area (Å²) in [6, 6.07) is 10.3. The zero-order valence-corrected chi connectivity index (χ0v) is 13.1. The Morgan fingerprint density at radius 1 is 1.15 bits per heavy atom. The Hall–Kier alpha value is -1.15. The molecule has 0 aliphatic carbocycles. The van der Waals surface area contributed by atoms with E-state index < -0.39 is 10.0 Å². The van der Waals surface area contributed by atoms with Crippen LogP contribution in [0.15, 0.2) is 50.4 Å². The van der Waals surface area contributed by atoms with Crippen molar-refractivity contribution in [2.45, 2.75) is 17.9 Å². The van der Waals surface area contributed by atoms with E-state index in [4.69, 9.17) is 9.56 Å². The lowest BCUT2D eigenvalue weighted by atomic mass is 10.1. The van der Waals surface area contributed by atoms with Crippen molar-refractivity contribution in [2.75, 3.05) is 6.54 Å². The zero-order valence-electron chi connectivity index (χ0n) is 10.7. The number of halogens is 1. The Morgan fingerprint density at radius 3 is 2.40 bits per heavy atom. The summed E-state index contributed by atoms with van der Waals surface area (Å²) >= 11 is 3.25. The van der Waals surface area contributed by atoms with Crippen molar-refractivity contribution in [3.63, 3.8) is 0 Å². The number of primary sulfonamides is 1. The van der Waals surface area contributed by atoms with Crippen molar-refractivity contribution >= 4 is 26.0 Å². The first-order valence-electron chi connectivity index (χ1n) is 6.02. The zero-order chi connectivity index (χ0) is 14.6. The molecule has 20 heavy (non-hydrogen) atoms. The van der Waals surface area contributed by atoms with Gasteiger partial charge in [-0.1, -0.05) is 12.1 Å². The van der Waals surface area contributed by atoms with Gasteiger partial charge in [0.2, 0.25) is 10.0 Å². The molecule has 2 aromatic rings. The Labute approximate surface area is 126 Å². The predicted molar refractivity (Wildman–Crippen MR) is 79.6 cm³/mol. The van der Waals surface area contributed by atoms with Crippen LogP contribution in [0.4, 0.5) is 0 Å². The van der Waals surface area contributed by atoms with Crippen LogP contribution in [0.2, 0.25) is 0 Å². The Kier molecular flexibility index (Phi) is 4.98. The summed E-state index contributed by atoms with van der Waals surface area (Å²) in [6.07, 6.45) is 0.798. The van der Waals surface area contributed by atoms with Gasteiger partial charge in [0.1, 0.15) is 5.76 Å². The quantitative estimate of drug-likeness (QED) is 0.773. The SMILES string of the molecule is NS(=O)(=O)c1ccc(CCNCc2ccc(Br)o2)cc1. The molecule has 1 aromatic heterocycles. The van der Waals surface area contributed by atoms with E-state index in [1.165, 1.54) is 12.1 Å². The summed E-state index contributed by atoms with van der Waals surface area (Å²) in [6.45, 7) is 1.42. The second kappa shape index (κ2) is 6.53. The van der Waals surface area contributed by atoms with Crippen LogP contribution >= 0.6 is 15.9 Å². The van der Waals surface area contributed by atoms with Crippen molar-refractivity contribution in [1.29, 1.82) is 0 Å². The lowest BCUT2D eigenvalue weighted by Gasteiger charge is -2.04. The molecule has 0 aliphatic rings. The molecule has 0 unspecified atom stereocenters. The summed E-state index contributed by atoms with van der Waals surface area (Å²) in [7, 11) is -3.61. The lowest BCUT2D eigenvalue weighted by Crippen LogP contribution is -2.16. The van der Waals surface area contributed by atoms with Gasteiger partial charge in [-0.05, 0) is 58.7 Å². The molecule has 1 heterocycles. The first-order chi connectivity index (χ1) is 9.45. The molecule has 0 atom stereocenters. The molecule has 2 rings (SSSR count). The van der Waals surface area contributed by atoms with Gasteiger partial charge >= 0.3 is 0 Å². The maximum atomic E-state index is 11.1. The van der Waals surface area contributed by atoms with Crippen LogP contribution in [0, 0.1) is 0 Å². The van der Waals surface area contributed by atoms with E-state index in [1.807, 2.05) is 12.1 Å². The fraction of sp³-hybridized carbons (Fsp3) is 0.231. The minimum atomic E-state index is -3.61. The topological polar surface area (TPSA) is 85.3 Å². The number of nitrogens with one attached hydrogen (secondary N) is 1. The minimum Gasteiger partial charge on any atom is -0.453 e. The third kappa shape index (κ3) is 4.45. The van der Waals surface area contributed by atoms with E-state index in [0.29, 0.717) is 11.2 Å². The largest absolute Gasteiger partial charge is 0.453 e. The number of benzene rings is 1. The summed E-state index contributed by atoms with van der Waals surface area (Å²) in [5, 5.41) is 8.29. The van der Waals surface area contributed by atoms with Crippen LogP contribution in [0.25, 0.3) is 0 Å². The van der Waals surface area contributed by atoms with Crippen molar-refractivity contribution in [3.05, 3.63) is 52.4 Å². The second-order valence-electron chi connectivity index (χ2n) is 4.32. The van der Waals surface area contributed by atoms with Crippen molar-refractivity contribution in [2.24, 2.45) is 5.14 Å². The minimum absolute atomic E-state index is 0.134. The van der Waals surface area contributed by atoms with Gasteiger partial charge in [-0.15, -0.1) is 0 Å². The van der Waals surface area contributed by atoms with Crippen molar-refractivity contribution < 1.29 is 12.8 Å². The molecule has 7 heteroatoms. The Morgan fingerprint density at radius 2 is 1.85 bits per heavy atom. The van der Waals surface area contributed by atoms with Gasteiger partial charge in [0.25, 0.3) is 0 Å². The van der Waals surface area contributed by atoms with Crippen LogP contribution in [0.5, 0.6) is 0 Å². The van der Waals surface area contributed by atoms with Gasteiger partial charge in [-0.2, -0.15) is 0 Å². The highest BCUT2D eigenvalue weighted by Gasteiger charge is 2.06. The van der Waals surface area contributed by atoms with Gasteiger partial charge < -0.3 is 9.73 Å². The number of furan rings is 1. The molecule has 0 aliphatic heterocycles. The third-order valence-electron chi connectivity index (χ3n) is 2.77. The van der Waals surface area contributed by atoms with E-state index >= 15 is 0 Å². The maximum Gasteiger partial charge on any atom is 0.238 e. The summed E-state index contributed by atoms with van der Waals surface area (Å²) < 4.78 is 28.3. The molecule has 0 saturated heterocycles. The van der Waals surface area contributed by atoms with E-state index in [-0.39, 0.29) is 4.90 Å². The number of rotatable bonds is 6. The number of hydrogen-bond donors (Lipinski definition) is 2. The fourth-order valence-electron chi connectivity index (χ4n) is 1.74. The van der Waals surface area contributed by atoms with Crippen LogP contribution in [0.1, 0.15) is 11.3 Å². The number of sulfonamides is 1. The summed E-state index contributed by atoms with van der Waals surface area (Å²) in [5.41, 5.74) is 1.05. The monoisotopic (exact) mass is 358 g/mol. The molecule has 0 bridgehead atoms. The highest BCUT2D eigenvalue weighted by atomic mass is 79.9. The first kappa shape index (κ1) is 15.2. The Balaban J connectivity index is 1.80. The van der Waals surface area contributed by atoms with E-state index in [9.17, 15) is 8.42 Å². The van der Waals surface area contributed by atoms with E-state index in [2.05, 4.69) is 21.2 Å². The van der Waals surface area contributed by atoms with Gasteiger partial charge in [0, 0.05) is 0 Å². The normalized spacial score (nSPS) is 11.7. The molecule has 3 N–H and O–H groups in total. The van der Waals surface area contributed by atoms with Crippen molar-refractivity contribution in [3.8, 4) is 0 Å². The molecule has 0 fully saturated rings. The average Bonchev–Trinajstić information content (AvgIpc) is 2.80. The predicted octanol–water partition coefficient (Wildman–Crippen LogP) is 2.02. The van der Waals surface area contributed by atoms with Gasteiger partial charge in [-0.25, -0.2) is 13.6 Å². The maximum absolute atomic E-state index is 11.1. The van der Waals surface area contributed by atoms with Gasteiger partial charge in [-0.3, -0.25) is 0 Å². The average molecular weight is 359 g/mol. The van der Waals surface area contributed by atoms with Gasteiger partial charge in [0.15, 0.2) is 4.67 Å². The molecule has 0 saturated carbocycles. The highest BCUT2D eigenvalue weighted by Crippen LogP contribution is 2.13. The fourth-order valence-corrected chi connectivity index (χ4v) is 2.59. The smallest absolute Gasteiger partial charge is 0.238 e. The third-order valence-corrected chi connectivity index (χ3v) is 4.13. The molecule has 0 spiro atoms. The first-order valence-corrected chi connectivity index (χ1v) is 8.36. The van der Waals surface area contributed by atoms with E-state index in [1.54, 1.807) is 12.1 Å². The number of hydrogen-bond acceptors (Lipinski definition) is 4. The standard InChI is InChI=1S/C13H15BrN2O3S/c14-13-6-3-11(19-13)9-16-8-7-10-1-4-12(5-2-10)20(15,17)18/h1-6,16H,7-9H2,(H2,15,17,18). The second-order valence-corrected chi connectivity index (χ2v) is 6.66. The molecular formula is C13H15BrN2O3S. The number of nitrogens with two attached hydrogens (primary N) is 1. The molecular weight excluding hydrogens is 344 g/mol. The van der Waals surface area contributed by atoms with Crippen molar-refractivity contribution in [1.82, 2.24) is 5.32 Å². The van der Waals surface area contributed by atoms with Gasteiger partial charge in [0.05, 0.1) is 11.4 Å². The summed E-state index contributed by atoms with van der Waals surface area (Å²) in [5.74, 6) is 0.862. The van der Waals surface area contributed by atoms with Crippen LogP contribution in [0.3, 0.4) is 0 Å². The molecule has 0 radical (unpaired) electrons. The molecule has 5 nitrogen and oxygen atoms in total. The molecule has 1 aromatic carbocycles. The lowest BCUT2D eigenvalue weighted by molar-refractivity contribution is 0.466. The molecule has 0 amide bonds. The van der Waals surface area contributed by atoms with Crippen LogP contribution in [-0.4, -0.2) is 15.0 Å². The summed E-state index contributed by atoms with van der Waals surface area (Å²) in [4.78, 5) is 0.134. The highest BCUT2D eigenvalue weighted by molar-refractivity contribution is 9.10. The molecule has 108 valence electrons. The van der Waals surface area contributed by atoms with Crippen LogP contribution < -0.4 is 10.5 Å². The Bertz CT molecular complexity index is 665. The van der Waals surface area contributed by atoms with Crippen LogP contribution in [-0.2, 0) is 23.0 Å².